The Morgan fingerprint density at radius 3 is 2.83 bits per heavy atom. The van der Waals surface area contributed by atoms with Gasteiger partial charge in [-0.3, -0.25) is 4.90 Å². The third-order valence-corrected chi connectivity index (χ3v) is 3.58. The van der Waals surface area contributed by atoms with Crippen molar-refractivity contribution in [3.8, 4) is 0 Å². The van der Waals surface area contributed by atoms with Gasteiger partial charge in [0.15, 0.2) is 5.13 Å². The van der Waals surface area contributed by atoms with Crippen molar-refractivity contribution in [2.45, 2.75) is 26.2 Å². The fourth-order valence-corrected chi connectivity index (χ4v) is 2.59. The minimum atomic E-state index is 0. The Morgan fingerprint density at radius 1 is 1.44 bits per heavy atom. The third-order valence-electron chi connectivity index (χ3n) is 2.91. The lowest BCUT2D eigenvalue weighted by molar-refractivity contribution is 0.299. The van der Waals surface area contributed by atoms with Crippen LogP contribution in [-0.2, 0) is 0 Å². The SMILES string of the molecule is CCCCN1CCC=C(c2csc(N)n2)C1.Cl.Cl. The molecule has 0 bridgehead atoms. The molecule has 0 radical (unpaired) electrons. The van der Waals surface area contributed by atoms with Crippen LogP contribution in [0.4, 0.5) is 5.13 Å². The molecule has 0 saturated heterocycles. The molecule has 0 aliphatic carbocycles. The highest BCUT2D eigenvalue weighted by atomic mass is 35.5. The maximum absolute atomic E-state index is 5.67. The fourth-order valence-electron chi connectivity index (χ4n) is 2.00. The van der Waals surface area contributed by atoms with E-state index in [1.165, 1.54) is 42.8 Å². The molecule has 104 valence electrons. The summed E-state index contributed by atoms with van der Waals surface area (Å²) in [6.45, 7) is 5.65. The minimum absolute atomic E-state index is 0. The van der Waals surface area contributed by atoms with Gasteiger partial charge in [-0.25, -0.2) is 4.98 Å². The minimum Gasteiger partial charge on any atom is -0.375 e. The van der Waals surface area contributed by atoms with Crippen molar-refractivity contribution in [2.75, 3.05) is 25.4 Å². The van der Waals surface area contributed by atoms with Gasteiger partial charge in [0, 0.05) is 18.5 Å². The Bertz CT molecular complexity index is 379. The summed E-state index contributed by atoms with van der Waals surface area (Å²) in [6.07, 6.45) is 5.99. The van der Waals surface area contributed by atoms with Crippen molar-refractivity contribution < 1.29 is 0 Å². The topological polar surface area (TPSA) is 42.1 Å². The van der Waals surface area contributed by atoms with Crippen LogP contribution in [0.25, 0.3) is 5.57 Å². The number of hydrogen-bond acceptors (Lipinski definition) is 4. The van der Waals surface area contributed by atoms with E-state index < -0.39 is 0 Å². The van der Waals surface area contributed by atoms with E-state index in [0.29, 0.717) is 5.13 Å². The van der Waals surface area contributed by atoms with Crippen molar-refractivity contribution in [2.24, 2.45) is 0 Å². The fraction of sp³-hybridized carbons (Fsp3) is 0.583. The summed E-state index contributed by atoms with van der Waals surface area (Å²) >= 11 is 1.52. The number of halogens is 2. The molecule has 1 aromatic rings. The number of unbranched alkanes of at least 4 members (excludes halogenated alkanes) is 1. The summed E-state index contributed by atoms with van der Waals surface area (Å²) in [5, 5.41) is 2.73. The van der Waals surface area contributed by atoms with E-state index in [0.717, 1.165) is 18.7 Å². The van der Waals surface area contributed by atoms with Crippen LogP contribution in [0.15, 0.2) is 11.5 Å². The Balaban J connectivity index is 0.00000144. The van der Waals surface area contributed by atoms with E-state index in [-0.39, 0.29) is 24.8 Å². The summed E-state index contributed by atoms with van der Waals surface area (Å²) in [5.74, 6) is 0. The second-order valence-corrected chi connectivity index (χ2v) is 5.11. The molecule has 1 aliphatic heterocycles. The highest BCUT2D eigenvalue weighted by molar-refractivity contribution is 7.13. The molecule has 6 heteroatoms. The molecule has 0 spiro atoms. The number of aromatic nitrogens is 1. The van der Waals surface area contributed by atoms with Gasteiger partial charge in [0.25, 0.3) is 0 Å². The van der Waals surface area contributed by atoms with Crippen LogP contribution in [0, 0.1) is 0 Å². The van der Waals surface area contributed by atoms with Crippen LogP contribution in [-0.4, -0.2) is 29.5 Å². The largest absolute Gasteiger partial charge is 0.375 e. The van der Waals surface area contributed by atoms with Gasteiger partial charge in [-0.1, -0.05) is 19.4 Å². The van der Waals surface area contributed by atoms with Gasteiger partial charge < -0.3 is 5.73 Å². The second kappa shape index (κ2) is 8.75. The molecule has 0 amide bonds. The van der Waals surface area contributed by atoms with E-state index in [1.54, 1.807) is 0 Å². The lowest BCUT2D eigenvalue weighted by Gasteiger charge is -2.26. The van der Waals surface area contributed by atoms with Gasteiger partial charge in [0.05, 0.1) is 5.69 Å². The number of nitrogen functional groups attached to an aromatic ring is 1. The summed E-state index contributed by atoms with van der Waals surface area (Å²) in [5.41, 5.74) is 8.08. The zero-order valence-electron chi connectivity index (χ0n) is 10.6. The number of anilines is 1. The lowest BCUT2D eigenvalue weighted by atomic mass is 10.1. The molecule has 0 aromatic carbocycles. The highest BCUT2D eigenvalue weighted by Gasteiger charge is 2.14. The number of rotatable bonds is 4. The lowest BCUT2D eigenvalue weighted by Crippen LogP contribution is -2.30. The average molecular weight is 310 g/mol. The number of hydrogen-bond donors (Lipinski definition) is 1. The summed E-state index contributed by atoms with van der Waals surface area (Å²) in [6, 6.07) is 0. The van der Waals surface area contributed by atoms with Crippen molar-refractivity contribution in [1.82, 2.24) is 9.88 Å². The van der Waals surface area contributed by atoms with Gasteiger partial charge in [0.2, 0.25) is 0 Å². The molecular weight excluding hydrogens is 289 g/mol. The quantitative estimate of drug-likeness (QED) is 0.926. The van der Waals surface area contributed by atoms with Crippen LogP contribution in [0.1, 0.15) is 31.9 Å². The molecule has 1 aromatic heterocycles. The summed E-state index contributed by atoms with van der Waals surface area (Å²) in [4.78, 5) is 6.86. The average Bonchev–Trinajstić information content (AvgIpc) is 2.74. The third kappa shape index (κ3) is 4.76. The van der Waals surface area contributed by atoms with Crippen molar-refractivity contribution in [1.29, 1.82) is 0 Å². The molecule has 1 aliphatic rings. The first kappa shape index (κ1) is 17.7. The van der Waals surface area contributed by atoms with Crippen molar-refractivity contribution in [3.63, 3.8) is 0 Å². The summed E-state index contributed by atoms with van der Waals surface area (Å²) < 4.78 is 0. The molecule has 0 fully saturated rings. The van der Waals surface area contributed by atoms with Crippen LogP contribution in [0.3, 0.4) is 0 Å². The second-order valence-electron chi connectivity index (χ2n) is 4.22. The zero-order valence-corrected chi connectivity index (χ0v) is 13.0. The van der Waals surface area contributed by atoms with Crippen LogP contribution >= 0.6 is 36.2 Å². The molecule has 2 rings (SSSR count). The van der Waals surface area contributed by atoms with Crippen molar-refractivity contribution >= 4 is 46.9 Å². The molecule has 0 saturated carbocycles. The van der Waals surface area contributed by atoms with E-state index in [4.69, 9.17) is 5.73 Å². The summed E-state index contributed by atoms with van der Waals surface area (Å²) in [7, 11) is 0. The first-order valence-corrected chi connectivity index (χ1v) is 6.80. The smallest absolute Gasteiger partial charge is 0.180 e. The van der Waals surface area contributed by atoms with Gasteiger partial charge in [-0.05, 0) is 25.0 Å². The Kier molecular flexibility index (Phi) is 8.61. The van der Waals surface area contributed by atoms with Crippen LogP contribution < -0.4 is 5.73 Å². The predicted molar refractivity (Wildman–Crippen MR) is 85.0 cm³/mol. The van der Waals surface area contributed by atoms with Gasteiger partial charge in [-0.2, -0.15) is 0 Å². The number of thiazole rings is 1. The van der Waals surface area contributed by atoms with Crippen LogP contribution in [0.2, 0.25) is 0 Å². The molecule has 0 unspecified atom stereocenters. The maximum atomic E-state index is 5.67. The van der Waals surface area contributed by atoms with Gasteiger partial charge in [-0.15, -0.1) is 36.2 Å². The Morgan fingerprint density at radius 2 is 2.22 bits per heavy atom. The van der Waals surface area contributed by atoms with Gasteiger partial charge in [0.1, 0.15) is 0 Å². The Hall–Kier alpha value is -0.290. The molecular formula is C12H21Cl2N3S. The monoisotopic (exact) mass is 309 g/mol. The zero-order chi connectivity index (χ0) is 11.4. The molecule has 3 nitrogen and oxygen atoms in total. The molecule has 0 atom stereocenters. The van der Waals surface area contributed by atoms with E-state index >= 15 is 0 Å². The molecule has 2 N–H and O–H groups in total. The molecule has 2 heterocycles. The first-order chi connectivity index (χ1) is 7.79. The Labute approximate surface area is 125 Å². The number of nitrogens with zero attached hydrogens (tertiary/aromatic N) is 2. The number of nitrogens with two attached hydrogens (primary N) is 1. The van der Waals surface area contributed by atoms with E-state index in [9.17, 15) is 0 Å². The highest BCUT2D eigenvalue weighted by Crippen LogP contribution is 2.23. The predicted octanol–water partition coefficient (Wildman–Crippen LogP) is 3.46. The van der Waals surface area contributed by atoms with E-state index in [1.807, 2.05) is 0 Å². The first-order valence-electron chi connectivity index (χ1n) is 5.92. The van der Waals surface area contributed by atoms with Crippen molar-refractivity contribution in [3.05, 3.63) is 17.2 Å². The van der Waals surface area contributed by atoms with Crippen LogP contribution in [0.5, 0.6) is 0 Å². The standard InChI is InChI=1S/C12H19N3S.2ClH/c1-2-3-6-15-7-4-5-10(8-15)11-9-16-12(13)14-11;;/h5,9H,2-4,6-8H2,1H3,(H2,13,14);2*1H. The van der Waals surface area contributed by atoms with E-state index in [2.05, 4.69) is 28.3 Å². The normalized spacial score (nSPS) is 15.5. The van der Waals surface area contributed by atoms with Gasteiger partial charge >= 0.3 is 0 Å². The maximum Gasteiger partial charge on any atom is 0.180 e. The molecule has 18 heavy (non-hydrogen) atoms.